The van der Waals surface area contributed by atoms with Crippen LogP contribution >= 0.6 is 20.7 Å². The lowest BCUT2D eigenvalue weighted by atomic mass is 9.94. The van der Waals surface area contributed by atoms with E-state index in [0.717, 1.165) is 38.0 Å². The van der Waals surface area contributed by atoms with E-state index in [1.165, 1.54) is 10.3 Å². The van der Waals surface area contributed by atoms with Crippen LogP contribution in [0.15, 0.2) is 65.5 Å². The maximum absolute atomic E-state index is 12.8. The van der Waals surface area contributed by atoms with E-state index in [2.05, 4.69) is 4.98 Å². The molecule has 0 amide bonds. The van der Waals surface area contributed by atoms with E-state index < -0.39 is 0 Å². The van der Waals surface area contributed by atoms with Crippen molar-refractivity contribution in [3.8, 4) is 22.1 Å². The molecule has 1 heterocycles. The molecule has 0 saturated carbocycles. The summed E-state index contributed by atoms with van der Waals surface area (Å²) in [6.07, 6.45) is 0.630. The molecule has 0 aliphatic rings. The Labute approximate surface area is 180 Å². The van der Waals surface area contributed by atoms with Gasteiger partial charge in [-0.2, -0.15) is 4.98 Å². The van der Waals surface area contributed by atoms with Gasteiger partial charge in [0.2, 0.25) is 0 Å². The monoisotopic (exact) mass is 437 g/mol. The van der Waals surface area contributed by atoms with Gasteiger partial charge in [-0.15, -0.1) is 0 Å². The normalized spacial score (nSPS) is 11.9. The molecule has 5 nitrogen and oxygen atoms in total. The van der Waals surface area contributed by atoms with Crippen LogP contribution in [-0.2, 0) is 4.79 Å². The van der Waals surface area contributed by atoms with Crippen LogP contribution in [0.25, 0.3) is 21.3 Å². The molecule has 4 rings (SSSR count). The summed E-state index contributed by atoms with van der Waals surface area (Å²) < 4.78 is 10.9. The van der Waals surface area contributed by atoms with E-state index >= 15 is 0 Å². The van der Waals surface area contributed by atoms with E-state index in [1.807, 2.05) is 43.3 Å². The highest BCUT2D eigenvalue weighted by Crippen LogP contribution is 2.29. The van der Waals surface area contributed by atoms with Crippen molar-refractivity contribution >= 4 is 37.4 Å². The predicted molar refractivity (Wildman–Crippen MR) is 121 cm³/mol. The van der Waals surface area contributed by atoms with E-state index in [9.17, 15) is 9.59 Å². The summed E-state index contributed by atoms with van der Waals surface area (Å²) in [6, 6.07) is 18.9. The number of carbonyl (C=O) groups is 1. The molecule has 30 heavy (non-hydrogen) atoms. The number of rotatable bonds is 6. The standard InChI is InChI=1S/C23H19NO4S2/c1-3-20(17-5-4-16-13-19(27-2)11-8-15(16)12-17)22(25)28-18-9-6-14(7-10-18)21-24-23(26)30-29-21/h4-13,20H,3H2,1-2H3/t20-/m0/s1. The highest BCUT2D eigenvalue weighted by Gasteiger charge is 2.21. The van der Waals surface area contributed by atoms with E-state index in [0.29, 0.717) is 17.2 Å². The van der Waals surface area contributed by atoms with Crippen molar-refractivity contribution in [3.63, 3.8) is 0 Å². The molecule has 4 aromatic rings. The van der Waals surface area contributed by atoms with Crippen LogP contribution in [0.1, 0.15) is 24.8 Å². The number of ether oxygens (including phenoxy) is 2. The molecule has 1 aromatic heterocycles. The van der Waals surface area contributed by atoms with Crippen molar-refractivity contribution in [1.82, 2.24) is 4.98 Å². The second-order valence-corrected chi connectivity index (χ2v) is 8.80. The lowest BCUT2D eigenvalue weighted by Gasteiger charge is -2.15. The predicted octanol–water partition coefficient (Wildman–Crippen LogP) is 5.49. The highest BCUT2D eigenvalue weighted by atomic mass is 32.9. The molecule has 0 unspecified atom stereocenters. The second kappa shape index (κ2) is 8.77. The Bertz CT molecular complexity index is 1240. The molecule has 0 N–H and O–H groups in total. The largest absolute Gasteiger partial charge is 0.497 e. The van der Waals surface area contributed by atoms with Gasteiger partial charge in [0.15, 0.2) is 0 Å². The Hall–Kier alpha value is -3.03. The van der Waals surface area contributed by atoms with Gasteiger partial charge in [-0.1, -0.05) is 41.5 Å². The van der Waals surface area contributed by atoms with E-state index in [1.54, 1.807) is 31.4 Å². The van der Waals surface area contributed by atoms with Crippen molar-refractivity contribution in [2.24, 2.45) is 0 Å². The number of esters is 1. The van der Waals surface area contributed by atoms with Crippen molar-refractivity contribution in [3.05, 3.63) is 75.9 Å². The third kappa shape index (κ3) is 4.27. The zero-order valence-electron chi connectivity index (χ0n) is 16.5. The number of aromatic nitrogens is 1. The Morgan fingerprint density at radius 1 is 0.967 bits per heavy atom. The first-order chi connectivity index (χ1) is 14.6. The first-order valence-electron chi connectivity index (χ1n) is 9.44. The fraction of sp³-hybridized carbons (Fsp3) is 0.174. The summed E-state index contributed by atoms with van der Waals surface area (Å²) in [4.78, 5) is 27.9. The SMILES string of the molecule is CC[C@H](C(=O)Oc1ccc(-c2nc(=O)ss2)cc1)c1ccc2cc(OC)ccc2c1. The molecule has 0 fully saturated rings. The minimum Gasteiger partial charge on any atom is -0.497 e. The van der Waals surface area contributed by atoms with Gasteiger partial charge in [-0.3, -0.25) is 9.59 Å². The molecule has 0 aliphatic carbocycles. The molecule has 0 aliphatic heterocycles. The van der Waals surface area contributed by atoms with Gasteiger partial charge < -0.3 is 9.47 Å². The van der Waals surface area contributed by atoms with Crippen LogP contribution in [0.2, 0.25) is 0 Å². The number of methoxy groups -OCH3 is 1. The van der Waals surface area contributed by atoms with Crippen molar-refractivity contribution in [2.75, 3.05) is 7.11 Å². The first kappa shape index (κ1) is 20.3. The fourth-order valence-electron chi connectivity index (χ4n) is 3.29. The van der Waals surface area contributed by atoms with Gasteiger partial charge >= 0.3 is 10.8 Å². The maximum atomic E-state index is 12.8. The van der Waals surface area contributed by atoms with Crippen LogP contribution < -0.4 is 14.3 Å². The molecule has 0 spiro atoms. The molecular formula is C23H19NO4S2. The maximum Gasteiger partial charge on any atom is 0.337 e. The molecule has 7 heteroatoms. The smallest absolute Gasteiger partial charge is 0.337 e. The average molecular weight is 438 g/mol. The van der Waals surface area contributed by atoms with Crippen LogP contribution in [0.5, 0.6) is 11.5 Å². The van der Waals surface area contributed by atoms with Gasteiger partial charge in [0.25, 0.3) is 0 Å². The van der Waals surface area contributed by atoms with E-state index in [4.69, 9.17) is 9.47 Å². The fourth-order valence-corrected chi connectivity index (χ4v) is 4.94. The van der Waals surface area contributed by atoms with Crippen molar-refractivity contribution < 1.29 is 14.3 Å². The zero-order chi connectivity index (χ0) is 21.1. The number of fused-ring (bicyclic) bond motifs is 1. The summed E-state index contributed by atoms with van der Waals surface area (Å²) in [5.41, 5.74) is 1.75. The van der Waals surface area contributed by atoms with Gasteiger partial charge in [0, 0.05) is 5.56 Å². The third-order valence-electron chi connectivity index (χ3n) is 4.87. The van der Waals surface area contributed by atoms with Crippen LogP contribution in [0.4, 0.5) is 0 Å². The van der Waals surface area contributed by atoms with Gasteiger partial charge in [0.1, 0.15) is 16.5 Å². The zero-order valence-corrected chi connectivity index (χ0v) is 18.1. The van der Waals surface area contributed by atoms with Gasteiger partial charge in [-0.25, -0.2) is 0 Å². The Balaban J connectivity index is 1.52. The Kier molecular flexibility index (Phi) is 5.92. The lowest BCUT2D eigenvalue weighted by Crippen LogP contribution is -2.18. The quantitative estimate of drug-likeness (QED) is 0.227. The number of hydrogen-bond acceptors (Lipinski definition) is 7. The highest BCUT2D eigenvalue weighted by molar-refractivity contribution is 7.69. The minimum absolute atomic E-state index is 0.204. The Morgan fingerprint density at radius 2 is 1.67 bits per heavy atom. The van der Waals surface area contributed by atoms with Crippen LogP contribution in [0, 0.1) is 0 Å². The molecule has 1 atom stereocenters. The first-order valence-corrected chi connectivity index (χ1v) is 11.6. The summed E-state index contributed by atoms with van der Waals surface area (Å²) in [7, 11) is 4.08. The average Bonchev–Trinajstić information content (AvgIpc) is 3.20. The molecule has 0 saturated heterocycles. The second-order valence-electron chi connectivity index (χ2n) is 6.73. The van der Waals surface area contributed by atoms with Crippen LogP contribution in [0.3, 0.4) is 0 Å². The van der Waals surface area contributed by atoms with Crippen molar-refractivity contribution in [1.29, 1.82) is 0 Å². The third-order valence-corrected chi connectivity index (χ3v) is 6.82. The molecule has 0 bridgehead atoms. The van der Waals surface area contributed by atoms with Crippen molar-refractivity contribution in [2.45, 2.75) is 19.3 Å². The molecular weight excluding hydrogens is 418 g/mol. The van der Waals surface area contributed by atoms with Crippen LogP contribution in [-0.4, -0.2) is 18.1 Å². The topological polar surface area (TPSA) is 65.5 Å². The molecule has 152 valence electrons. The van der Waals surface area contributed by atoms with Gasteiger partial charge in [-0.05, 0) is 69.5 Å². The lowest BCUT2D eigenvalue weighted by molar-refractivity contribution is -0.136. The number of nitrogens with zero attached hydrogens (tertiary/aromatic N) is 1. The summed E-state index contributed by atoms with van der Waals surface area (Å²) in [5.74, 6) is 0.613. The molecule has 0 radical (unpaired) electrons. The summed E-state index contributed by atoms with van der Waals surface area (Å²) in [5, 5.41) is 2.77. The number of carbonyl (C=O) groups excluding carboxylic acids is 1. The van der Waals surface area contributed by atoms with E-state index in [-0.39, 0.29) is 16.8 Å². The number of benzene rings is 3. The van der Waals surface area contributed by atoms with Gasteiger partial charge in [0.05, 0.1) is 13.0 Å². The number of hydrogen-bond donors (Lipinski definition) is 0. The Morgan fingerprint density at radius 3 is 2.33 bits per heavy atom. The summed E-state index contributed by atoms with van der Waals surface area (Å²) in [6.45, 7) is 1.97. The molecule has 3 aromatic carbocycles. The summed E-state index contributed by atoms with van der Waals surface area (Å²) >= 11 is 0. The minimum atomic E-state index is -0.361.